The third kappa shape index (κ3) is 4.91. The number of halogens is 4. The van der Waals surface area contributed by atoms with Gasteiger partial charge in [-0.05, 0) is 55.0 Å². The molecule has 0 unspecified atom stereocenters. The van der Waals surface area contributed by atoms with Gasteiger partial charge >= 0.3 is 12.1 Å². The summed E-state index contributed by atoms with van der Waals surface area (Å²) in [4.78, 5) is 10.8. The van der Waals surface area contributed by atoms with E-state index >= 15 is 0 Å². The average Bonchev–Trinajstić information content (AvgIpc) is 3.06. The fourth-order valence-corrected chi connectivity index (χ4v) is 3.53. The van der Waals surface area contributed by atoms with Gasteiger partial charge in [-0.2, -0.15) is 18.3 Å². The molecule has 0 bridgehead atoms. The maximum Gasteiger partial charge on any atom is 0.435 e. The van der Waals surface area contributed by atoms with Crippen molar-refractivity contribution < 1.29 is 35.9 Å². The number of carboxylic acids is 1. The number of sulfonamides is 1. The quantitative estimate of drug-likeness (QED) is 0.551. The van der Waals surface area contributed by atoms with Crippen molar-refractivity contribution in [1.29, 1.82) is 0 Å². The van der Waals surface area contributed by atoms with E-state index in [4.69, 9.17) is 10.2 Å². The van der Waals surface area contributed by atoms with Crippen LogP contribution >= 0.6 is 0 Å². The van der Waals surface area contributed by atoms with Crippen LogP contribution in [0.15, 0.2) is 53.4 Å². The van der Waals surface area contributed by atoms with Crippen LogP contribution in [-0.4, -0.2) is 29.3 Å². The Kier molecular flexibility index (Phi) is 5.87. The first-order valence-corrected chi connectivity index (χ1v) is 10.2. The number of nitrogens with zero attached hydrogens (tertiary/aromatic N) is 2. The molecular weight excluding hydrogens is 442 g/mol. The van der Waals surface area contributed by atoms with E-state index in [0.29, 0.717) is 0 Å². The molecule has 0 saturated heterocycles. The molecule has 3 aromatic rings. The number of carbonyl (C=O) groups is 1. The fourth-order valence-electron chi connectivity index (χ4n) is 3.01. The zero-order valence-corrected chi connectivity index (χ0v) is 16.4. The lowest BCUT2D eigenvalue weighted by molar-refractivity contribution is -0.142. The van der Waals surface area contributed by atoms with Gasteiger partial charge in [0.05, 0.1) is 16.3 Å². The molecule has 0 saturated carbocycles. The number of nitrogens with two attached hydrogens (primary N) is 1. The summed E-state index contributed by atoms with van der Waals surface area (Å²) >= 11 is 0. The number of benzene rings is 2. The summed E-state index contributed by atoms with van der Waals surface area (Å²) < 4.78 is 78.3. The zero-order chi connectivity index (χ0) is 23.0. The third-order valence-corrected chi connectivity index (χ3v) is 5.30. The molecule has 164 valence electrons. The largest absolute Gasteiger partial charge is 0.481 e. The Balaban J connectivity index is 2.28. The summed E-state index contributed by atoms with van der Waals surface area (Å²) in [5.41, 5.74) is -1.52. The van der Waals surface area contributed by atoms with Crippen molar-refractivity contribution in [2.75, 3.05) is 0 Å². The molecule has 0 aliphatic rings. The normalized spacial score (nSPS) is 12.2. The number of alkyl halides is 3. The lowest BCUT2D eigenvalue weighted by Gasteiger charge is -2.11. The van der Waals surface area contributed by atoms with E-state index in [0.717, 1.165) is 28.9 Å². The Hall–Kier alpha value is -3.25. The molecule has 0 spiro atoms. The number of aromatic nitrogens is 2. The molecule has 0 fully saturated rings. The molecule has 0 aliphatic heterocycles. The van der Waals surface area contributed by atoms with Gasteiger partial charge in [0.2, 0.25) is 10.0 Å². The second kappa shape index (κ2) is 8.12. The van der Waals surface area contributed by atoms with Gasteiger partial charge in [0.1, 0.15) is 5.82 Å². The van der Waals surface area contributed by atoms with Crippen molar-refractivity contribution in [1.82, 2.24) is 9.78 Å². The highest BCUT2D eigenvalue weighted by molar-refractivity contribution is 7.89. The third-order valence-electron chi connectivity index (χ3n) is 4.37. The van der Waals surface area contributed by atoms with Crippen molar-refractivity contribution in [3.05, 3.63) is 65.6 Å². The minimum absolute atomic E-state index is 0.0683. The van der Waals surface area contributed by atoms with Gasteiger partial charge in [0.25, 0.3) is 0 Å². The Morgan fingerprint density at radius 3 is 2.13 bits per heavy atom. The van der Waals surface area contributed by atoms with E-state index < -0.39 is 46.5 Å². The number of hydrogen-bond acceptors (Lipinski definition) is 4. The zero-order valence-electron chi connectivity index (χ0n) is 15.6. The van der Waals surface area contributed by atoms with Crippen LogP contribution in [0, 0.1) is 5.82 Å². The number of aliphatic carboxylic acids is 1. The van der Waals surface area contributed by atoms with Gasteiger partial charge in [-0.1, -0.05) is 0 Å². The van der Waals surface area contributed by atoms with Gasteiger partial charge in [0, 0.05) is 17.5 Å². The van der Waals surface area contributed by atoms with Crippen LogP contribution < -0.4 is 5.14 Å². The van der Waals surface area contributed by atoms with E-state index in [2.05, 4.69) is 5.10 Å². The first-order valence-electron chi connectivity index (χ1n) is 8.68. The highest BCUT2D eigenvalue weighted by Crippen LogP contribution is 2.38. The first kappa shape index (κ1) is 22.4. The number of carboxylic acid groups (broad SMARTS) is 1. The molecule has 7 nitrogen and oxygen atoms in total. The molecule has 12 heteroatoms. The molecule has 3 N–H and O–H groups in total. The highest BCUT2D eigenvalue weighted by Gasteiger charge is 2.39. The Morgan fingerprint density at radius 2 is 1.65 bits per heavy atom. The monoisotopic (exact) mass is 457 g/mol. The van der Waals surface area contributed by atoms with Crippen LogP contribution in [0.2, 0.25) is 0 Å². The first-order chi connectivity index (χ1) is 14.4. The van der Waals surface area contributed by atoms with Gasteiger partial charge < -0.3 is 5.11 Å². The van der Waals surface area contributed by atoms with Crippen LogP contribution in [0.3, 0.4) is 0 Å². The number of primary sulfonamides is 1. The number of hydrogen-bond donors (Lipinski definition) is 2. The smallest absolute Gasteiger partial charge is 0.435 e. The molecule has 1 aromatic heterocycles. The average molecular weight is 457 g/mol. The maximum absolute atomic E-state index is 13.7. The van der Waals surface area contributed by atoms with Gasteiger partial charge in [-0.25, -0.2) is 22.6 Å². The predicted molar refractivity (Wildman–Crippen MR) is 101 cm³/mol. The molecule has 1 heterocycles. The van der Waals surface area contributed by atoms with Crippen molar-refractivity contribution >= 4 is 16.0 Å². The van der Waals surface area contributed by atoms with Crippen LogP contribution in [0.25, 0.3) is 16.9 Å². The van der Waals surface area contributed by atoms with Crippen molar-refractivity contribution in [3.63, 3.8) is 0 Å². The second-order valence-electron chi connectivity index (χ2n) is 6.52. The SMILES string of the molecule is NS(=O)(=O)c1ccc(-n2nc(C(F)(F)F)c(CCC(=O)O)c2-c2ccc(F)cc2)cc1. The molecule has 0 radical (unpaired) electrons. The molecule has 3 rings (SSSR count). The Labute approximate surface area is 173 Å². The summed E-state index contributed by atoms with van der Waals surface area (Å²) in [6.45, 7) is 0. The molecule has 0 aliphatic carbocycles. The second-order valence-corrected chi connectivity index (χ2v) is 8.09. The number of rotatable bonds is 6. The summed E-state index contributed by atoms with van der Waals surface area (Å²) in [7, 11) is -4.03. The van der Waals surface area contributed by atoms with E-state index in [9.17, 15) is 30.8 Å². The molecule has 2 aromatic carbocycles. The van der Waals surface area contributed by atoms with Crippen LogP contribution in [0.4, 0.5) is 17.6 Å². The molecular formula is C19H15F4N3O4S. The minimum Gasteiger partial charge on any atom is -0.481 e. The van der Waals surface area contributed by atoms with Crippen LogP contribution in [0.1, 0.15) is 17.7 Å². The standard InChI is InChI=1S/C19H15F4N3O4S/c20-12-3-1-11(2-4-12)17-15(9-10-16(27)28)18(19(21,22)23)25-26(17)13-5-7-14(8-6-13)31(24,29)30/h1-8H,9-10H2,(H,27,28)(H2,24,29,30). The lowest BCUT2D eigenvalue weighted by Crippen LogP contribution is -2.12. The Morgan fingerprint density at radius 1 is 1.06 bits per heavy atom. The molecule has 0 amide bonds. The Bertz CT molecular complexity index is 1220. The van der Waals surface area contributed by atoms with Gasteiger partial charge in [0.15, 0.2) is 5.69 Å². The van der Waals surface area contributed by atoms with E-state index in [-0.39, 0.29) is 27.4 Å². The highest BCUT2D eigenvalue weighted by atomic mass is 32.2. The minimum atomic E-state index is -4.89. The van der Waals surface area contributed by atoms with E-state index in [1.165, 1.54) is 24.3 Å². The topological polar surface area (TPSA) is 115 Å². The van der Waals surface area contributed by atoms with Crippen LogP contribution in [0.5, 0.6) is 0 Å². The summed E-state index contributed by atoms with van der Waals surface area (Å²) in [6.07, 6.45) is -5.96. The summed E-state index contributed by atoms with van der Waals surface area (Å²) in [5.74, 6) is -1.92. The predicted octanol–water partition coefficient (Wildman–Crippen LogP) is 3.36. The van der Waals surface area contributed by atoms with Gasteiger partial charge in [-0.15, -0.1) is 0 Å². The van der Waals surface area contributed by atoms with Crippen LogP contribution in [-0.2, 0) is 27.4 Å². The van der Waals surface area contributed by atoms with E-state index in [1.54, 1.807) is 0 Å². The fraction of sp³-hybridized carbons (Fsp3) is 0.158. The summed E-state index contributed by atoms with van der Waals surface area (Å²) in [6, 6.07) is 9.20. The van der Waals surface area contributed by atoms with Gasteiger partial charge in [-0.3, -0.25) is 4.79 Å². The van der Waals surface area contributed by atoms with Crippen molar-refractivity contribution in [3.8, 4) is 16.9 Å². The molecule has 0 atom stereocenters. The van der Waals surface area contributed by atoms with Crippen molar-refractivity contribution in [2.24, 2.45) is 5.14 Å². The van der Waals surface area contributed by atoms with Crippen molar-refractivity contribution in [2.45, 2.75) is 23.9 Å². The summed E-state index contributed by atoms with van der Waals surface area (Å²) in [5, 5.41) is 17.7. The molecule has 31 heavy (non-hydrogen) atoms. The lowest BCUT2D eigenvalue weighted by atomic mass is 10.0. The van der Waals surface area contributed by atoms with E-state index in [1.807, 2.05) is 0 Å². The maximum atomic E-state index is 13.7.